The Morgan fingerprint density at radius 2 is 1.90 bits per heavy atom. The number of ketones is 1. The van der Waals surface area contributed by atoms with Crippen molar-refractivity contribution in [3.05, 3.63) is 70.8 Å². The van der Waals surface area contributed by atoms with Crippen molar-refractivity contribution < 1.29 is 4.79 Å². The van der Waals surface area contributed by atoms with Crippen molar-refractivity contribution in [2.75, 3.05) is 6.54 Å². The standard InChI is InChI=1S/C18H19NO/c20-18(10-9-14-5-2-1-3-6-14)17-8-4-7-15-13-19-12-11-16(15)17/h1-8,19H,9-13H2. The summed E-state index contributed by atoms with van der Waals surface area (Å²) in [5.41, 5.74) is 4.69. The van der Waals surface area contributed by atoms with Gasteiger partial charge in [0.05, 0.1) is 0 Å². The Hall–Kier alpha value is -1.93. The molecular formula is C18H19NO. The highest BCUT2D eigenvalue weighted by Gasteiger charge is 2.16. The SMILES string of the molecule is O=C(CCc1ccccc1)c1cccc2c1CCNC2. The van der Waals surface area contributed by atoms with Crippen molar-refractivity contribution in [3.8, 4) is 0 Å². The van der Waals surface area contributed by atoms with Crippen LogP contribution in [0.3, 0.4) is 0 Å². The zero-order chi connectivity index (χ0) is 13.8. The maximum atomic E-state index is 12.5. The Kier molecular flexibility index (Phi) is 3.93. The molecule has 0 unspecified atom stereocenters. The molecular weight excluding hydrogens is 246 g/mol. The number of fused-ring (bicyclic) bond motifs is 1. The van der Waals surface area contributed by atoms with Crippen molar-refractivity contribution in [3.63, 3.8) is 0 Å². The van der Waals surface area contributed by atoms with Crippen LogP contribution in [-0.4, -0.2) is 12.3 Å². The summed E-state index contributed by atoms with van der Waals surface area (Å²) in [5.74, 6) is 0.271. The van der Waals surface area contributed by atoms with Crippen LogP contribution in [0.25, 0.3) is 0 Å². The van der Waals surface area contributed by atoms with E-state index in [0.29, 0.717) is 6.42 Å². The summed E-state index contributed by atoms with van der Waals surface area (Å²) in [7, 11) is 0. The van der Waals surface area contributed by atoms with E-state index in [1.165, 1.54) is 16.7 Å². The Bertz CT molecular complexity index is 604. The zero-order valence-corrected chi connectivity index (χ0v) is 11.6. The molecule has 0 atom stereocenters. The second-order valence-corrected chi connectivity index (χ2v) is 5.28. The van der Waals surface area contributed by atoms with Gasteiger partial charge < -0.3 is 5.32 Å². The number of nitrogens with one attached hydrogen (secondary N) is 1. The first-order chi connectivity index (χ1) is 9.84. The molecule has 0 amide bonds. The summed E-state index contributed by atoms with van der Waals surface area (Å²) >= 11 is 0. The summed E-state index contributed by atoms with van der Waals surface area (Å²) in [6, 6.07) is 16.3. The number of carbonyl (C=O) groups is 1. The second-order valence-electron chi connectivity index (χ2n) is 5.28. The molecule has 102 valence electrons. The summed E-state index contributed by atoms with van der Waals surface area (Å²) in [5, 5.41) is 3.35. The average Bonchev–Trinajstić information content (AvgIpc) is 2.53. The fourth-order valence-corrected chi connectivity index (χ4v) is 2.83. The fraction of sp³-hybridized carbons (Fsp3) is 0.278. The summed E-state index contributed by atoms with van der Waals surface area (Å²) in [6.07, 6.45) is 2.37. The van der Waals surface area contributed by atoms with Crippen molar-refractivity contribution in [1.82, 2.24) is 5.32 Å². The predicted octanol–water partition coefficient (Wildman–Crippen LogP) is 3.15. The molecule has 3 rings (SSSR count). The van der Waals surface area contributed by atoms with E-state index in [-0.39, 0.29) is 5.78 Å². The van der Waals surface area contributed by atoms with Gasteiger partial charge in [-0.05, 0) is 36.1 Å². The Morgan fingerprint density at radius 3 is 2.75 bits per heavy atom. The molecule has 2 aromatic carbocycles. The summed E-state index contributed by atoms with van der Waals surface area (Å²) in [6.45, 7) is 1.85. The van der Waals surface area contributed by atoms with Crippen molar-refractivity contribution in [2.45, 2.75) is 25.8 Å². The maximum absolute atomic E-state index is 12.5. The number of carbonyl (C=O) groups excluding carboxylic acids is 1. The molecule has 2 aromatic rings. The number of aryl methyl sites for hydroxylation is 1. The molecule has 0 radical (unpaired) electrons. The maximum Gasteiger partial charge on any atom is 0.163 e. The molecule has 2 heteroatoms. The first kappa shape index (κ1) is 13.1. The molecule has 0 spiro atoms. The quantitative estimate of drug-likeness (QED) is 0.860. The second kappa shape index (κ2) is 6.02. The Morgan fingerprint density at radius 1 is 1.05 bits per heavy atom. The minimum absolute atomic E-state index is 0.271. The van der Waals surface area contributed by atoms with Gasteiger partial charge >= 0.3 is 0 Å². The number of hydrogen-bond donors (Lipinski definition) is 1. The molecule has 0 aliphatic carbocycles. The minimum Gasteiger partial charge on any atom is -0.312 e. The van der Waals surface area contributed by atoms with Crippen LogP contribution < -0.4 is 5.32 Å². The van der Waals surface area contributed by atoms with Crippen LogP contribution in [0.4, 0.5) is 0 Å². The molecule has 0 saturated carbocycles. The van der Waals surface area contributed by atoms with Gasteiger partial charge in [0.15, 0.2) is 5.78 Å². The first-order valence-corrected chi connectivity index (χ1v) is 7.23. The number of benzene rings is 2. The average molecular weight is 265 g/mol. The highest BCUT2D eigenvalue weighted by Crippen LogP contribution is 2.20. The molecule has 0 aromatic heterocycles. The first-order valence-electron chi connectivity index (χ1n) is 7.23. The molecule has 1 aliphatic heterocycles. The van der Waals surface area contributed by atoms with Crippen molar-refractivity contribution in [1.29, 1.82) is 0 Å². The van der Waals surface area contributed by atoms with E-state index in [4.69, 9.17) is 0 Å². The van der Waals surface area contributed by atoms with E-state index in [2.05, 4.69) is 23.5 Å². The third-order valence-electron chi connectivity index (χ3n) is 3.92. The van der Waals surface area contributed by atoms with Gasteiger partial charge in [-0.15, -0.1) is 0 Å². The molecule has 0 bridgehead atoms. The van der Waals surface area contributed by atoms with Crippen LogP contribution in [0.5, 0.6) is 0 Å². The molecule has 0 fully saturated rings. The van der Waals surface area contributed by atoms with Gasteiger partial charge in [-0.2, -0.15) is 0 Å². The molecule has 2 nitrogen and oxygen atoms in total. The van der Waals surface area contributed by atoms with Crippen molar-refractivity contribution in [2.24, 2.45) is 0 Å². The van der Waals surface area contributed by atoms with E-state index < -0.39 is 0 Å². The number of Topliss-reactive ketones (excluding diaryl/α,β-unsaturated/α-hetero) is 1. The lowest BCUT2D eigenvalue weighted by atomic mass is 9.91. The van der Waals surface area contributed by atoms with Gasteiger partial charge in [-0.3, -0.25) is 4.79 Å². The molecule has 1 N–H and O–H groups in total. The van der Waals surface area contributed by atoms with Gasteiger partial charge in [-0.25, -0.2) is 0 Å². The van der Waals surface area contributed by atoms with Gasteiger partial charge in [0.1, 0.15) is 0 Å². The van der Waals surface area contributed by atoms with Crippen LogP contribution >= 0.6 is 0 Å². The predicted molar refractivity (Wildman–Crippen MR) is 80.9 cm³/mol. The smallest absolute Gasteiger partial charge is 0.163 e. The zero-order valence-electron chi connectivity index (χ0n) is 11.6. The van der Waals surface area contributed by atoms with Gasteiger partial charge in [0.25, 0.3) is 0 Å². The molecule has 1 aliphatic rings. The van der Waals surface area contributed by atoms with Crippen LogP contribution in [0.2, 0.25) is 0 Å². The Balaban J connectivity index is 1.74. The van der Waals surface area contributed by atoms with E-state index in [0.717, 1.165) is 31.5 Å². The van der Waals surface area contributed by atoms with Crippen LogP contribution in [-0.2, 0) is 19.4 Å². The minimum atomic E-state index is 0.271. The highest BCUT2D eigenvalue weighted by molar-refractivity contribution is 5.98. The molecule has 1 heterocycles. The molecule has 20 heavy (non-hydrogen) atoms. The number of rotatable bonds is 4. The van der Waals surface area contributed by atoms with E-state index in [1.807, 2.05) is 30.3 Å². The topological polar surface area (TPSA) is 29.1 Å². The third-order valence-corrected chi connectivity index (χ3v) is 3.92. The fourth-order valence-electron chi connectivity index (χ4n) is 2.83. The van der Waals surface area contributed by atoms with E-state index in [1.54, 1.807) is 0 Å². The normalized spacial score (nSPS) is 13.8. The van der Waals surface area contributed by atoms with Gasteiger partial charge in [0.2, 0.25) is 0 Å². The monoisotopic (exact) mass is 265 g/mol. The van der Waals surface area contributed by atoms with E-state index in [9.17, 15) is 4.79 Å². The largest absolute Gasteiger partial charge is 0.312 e. The summed E-state index contributed by atoms with van der Waals surface area (Å²) in [4.78, 5) is 12.5. The van der Waals surface area contributed by atoms with Crippen molar-refractivity contribution >= 4 is 5.78 Å². The van der Waals surface area contributed by atoms with Crippen LogP contribution in [0.1, 0.15) is 33.5 Å². The van der Waals surface area contributed by atoms with Crippen LogP contribution in [0.15, 0.2) is 48.5 Å². The lowest BCUT2D eigenvalue weighted by Crippen LogP contribution is -2.25. The highest BCUT2D eigenvalue weighted by atomic mass is 16.1. The van der Waals surface area contributed by atoms with Gasteiger partial charge in [0, 0.05) is 18.5 Å². The van der Waals surface area contributed by atoms with E-state index >= 15 is 0 Å². The lowest BCUT2D eigenvalue weighted by Gasteiger charge is -2.19. The Labute approximate surface area is 119 Å². The third kappa shape index (κ3) is 2.81. The van der Waals surface area contributed by atoms with Crippen LogP contribution in [0, 0.1) is 0 Å². The summed E-state index contributed by atoms with van der Waals surface area (Å²) < 4.78 is 0. The number of hydrogen-bond acceptors (Lipinski definition) is 2. The lowest BCUT2D eigenvalue weighted by molar-refractivity contribution is 0.0981. The van der Waals surface area contributed by atoms with Gasteiger partial charge in [-0.1, -0.05) is 48.5 Å². The molecule has 0 saturated heterocycles.